The van der Waals surface area contributed by atoms with Crippen molar-refractivity contribution in [3.8, 4) is 11.5 Å². The second-order valence-corrected chi connectivity index (χ2v) is 4.80. The van der Waals surface area contributed by atoms with Crippen LogP contribution in [0.5, 0.6) is 11.5 Å². The smallest absolute Gasteiger partial charge is 0.232 e. The largest absolute Gasteiger partial charge is 0.496 e. The van der Waals surface area contributed by atoms with Crippen LogP contribution in [0.25, 0.3) is 0 Å². The summed E-state index contributed by atoms with van der Waals surface area (Å²) in [7, 11) is 3.05. The Bertz CT molecular complexity index is 616. The van der Waals surface area contributed by atoms with Gasteiger partial charge in [-0.1, -0.05) is 0 Å². The minimum atomic E-state index is -0.231. The third kappa shape index (κ3) is 2.51. The minimum Gasteiger partial charge on any atom is -0.496 e. The fourth-order valence-corrected chi connectivity index (χ4v) is 2.25. The number of aryl methyl sites for hydroxylation is 1. The molecule has 0 radical (unpaired) electrons. The number of ketones is 1. The third-order valence-electron chi connectivity index (χ3n) is 2.79. The Hall–Kier alpha value is -1.75. The van der Waals surface area contributed by atoms with E-state index in [2.05, 4.69) is 15.9 Å². The van der Waals surface area contributed by atoms with Gasteiger partial charge in [-0.05, 0) is 46.6 Å². The number of ether oxygens (including phenoxy) is 2. The van der Waals surface area contributed by atoms with Gasteiger partial charge in [-0.15, -0.1) is 0 Å². The highest BCUT2D eigenvalue weighted by molar-refractivity contribution is 9.10. The van der Waals surface area contributed by atoms with Crippen LogP contribution < -0.4 is 9.47 Å². The Balaban J connectivity index is 2.55. The van der Waals surface area contributed by atoms with Gasteiger partial charge in [0.2, 0.25) is 5.78 Å². The van der Waals surface area contributed by atoms with Crippen molar-refractivity contribution >= 4 is 21.7 Å². The Morgan fingerprint density at radius 3 is 2.42 bits per heavy atom. The lowest BCUT2D eigenvalue weighted by Crippen LogP contribution is -2.05. The number of furan rings is 1. The first kappa shape index (κ1) is 13.7. The van der Waals surface area contributed by atoms with Crippen molar-refractivity contribution < 1.29 is 18.7 Å². The standard InChI is InChI=1S/C14H13BrO4/c1-8-4-5-19-14(8)13(16)9-6-12(18-3)10(15)7-11(9)17-2/h4-7H,1-3H3. The lowest BCUT2D eigenvalue weighted by molar-refractivity contribution is 0.100. The van der Waals surface area contributed by atoms with Gasteiger partial charge < -0.3 is 13.9 Å². The van der Waals surface area contributed by atoms with Crippen molar-refractivity contribution in [1.29, 1.82) is 0 Å². The van der Waals surface area contributed by atoms with Crippen molar-refractivity contribution in [2.75, 3.05) is 14.2 Å². The first-order chi connectivity index (χ1) is 9.08. The molecular formula is C14H13BrO4. The number of rotatable bonds is 4. The molecule has 19 heavy (non-hydrogen) atoms. The molecule has 100 valence electrons. The Kier molecular flexibility index (Phi) is 3.95. The van der Waals surface area contributed by atoms with Gasteiger partial charge in [0.1, 0.15) is 11.5 Å². The minimum absolute atomic E-state index is 0.231. The summed E-state index contributed by atoms with van der Waals surface area (Å²) in [6.07, 6.45) is 1.49. The molecule has 2 aromatic rings. The molecule has 2 rings (SSSR count). The van der Waals surface area contributed by atoms with Gasteiger partial charge in [0.05, 0.1) is 30.5 Å². The molecule has 1 aromatic heterocycles. The highest BCUT2D eigenvalue weighted by Gasteiger charge is 2.21. The molecule has 5 heteroatoms. The van der Waals surface area contributed by atoms with Gasteiger partial charge in [0.25, 0.3) is 0 Å². The molecule has 0 fully saturated rings. The molecule has 0 N–H and O–H groups in total. The third-order valence-corrected chi connectivity index (χ3v) is 3.41. The molecule has 0 amide bonds. The Morgan fingerprint density at radius 1 is 1.21 bits per heavy atom. The highest BCUT2D eigenvalue weighted by Crippen LogP contribution is 2.34. The molecule has 1 heterocycles. The molecule has 0 spiro atoms. The van der Waals surface area contributed by atoms with Crippen LogP contribution in [0.15, 0.2) is 33.4 Å². The van der Waals surface area contributed by atoms with Crippen molar-refractivity contribution in [3.05, 3.63) is 45.8 Å². The predicted octanol–water partition coefficient (Wildman–Crippen LogP) is 3.60. The topological polar surface area (TPSA) is 48.7 Å². The zero-order valence-electron chi connectivity index (χ0n) is 10.8. The summed E-state index contributed by atoms with van der Waals surface area (Å²) in [5, 5.41) is 0. The van der Waals surface area contributed by atoms with Crippen LogP contribution in [0.4, 0.5) is 0 Å². The number of hydrogen-bond donors (Lipinski definition) is 0. The van der Waals surface area contributed by atoms with Crippen molar-refractivity contribution in [1.82, 2.24) is 0 Å². The highest BCUT2D eigenvalue weighted by atomic mass is 79.9. The first-order valence-corrected chi connectivity index (χ1v) is 6.38. The molecule has 0 bridgehead atoms. The fourth-order valence-electron chi connectivity index (χ4n) is 1.77. The molecule has 1 aromatic carbocycles. The summed E-state index contributed by atoms with van der Waals surface area (Å²) in [5.41, 5.74) is 1.19. The molecule has 0 aliphatic carbocycles. The van der Waals surface area contributed by atoms with E-state index in [-0.39, 0.29) is 5.78 Å². The van der Waals surface area contributed by atoms with Crippen LogP contribution in [0.2, 0.25) is 0 Å². The van der Waals surface area contributed by atoms with E-state index < -0.39 is 0 Å². The second-order valence-electron chi connectivity index (χ2n) is 3.95. The van der Waals surface area contributed by atoms with E-state index in [4.69, 9.17) is 13.9 Å². The lowest BCUT2D eigenvalue weighted by Gasteiger charge is -2.11. The van der Waals surface area contributed by atoms with E-state index in [0.29, 0.717) is 22.8 Å². The summed E-state index contributed by atoms with van der Waals surface area (Å²) < 4.78 is 16.4. The van der Waals surface area contributed by atoms with E-state index >= 15 is 0 Å². The van der Waals surface area contributed by atoms with Crippen LogP contribution in [0, 0.1) is 6.92 Å². The SMILES string of the molecule is COc1cc(C(=O)c2occc2C)c(OC)cc1Br. The monoisotopic (exact) mass is 324 g/mol. The molecule has 0 unspecified atom stereocenters. The van der Waals surface area contributed by atoms with Gasteiger partial charge >= 0.3 is 0 Å². The molecule has 0 atom stereocenters. The molecule has 0 aliphatic heterocycles. The van der Waals surface area contributed by atoms with E-state index in [1.54, 1.807) is 25.3 Å². The number of halogens is 1. The average molecular weight is 325 g/mol. The zero-order valence-corrected chi connectivity index (χ0v) is 12.4. The number of methoxy groups -OCH3 is 2. The molecule has 4 nitrogen and oxygen atoms in total. The maximum absolute atomic E-state index is 12.4. The van der Waals surface area contributed by atoms with Gasteiger partial charge in [0.15, 0.2) is 5.76 Å². The Labute approximate surface area is 119 Å². The van der Waals surface area contributed by atoms with Crippen LogP contribution in [-0.4, -0.2) is 20.0 Å². The van der Waals surface area contributed by atoms with Crippen molar-refractivity contribution in [2.45, 2.75) is 6.92 Å². The summed E-state index contributed by atoms with van der Waals surface area (Å²) in [6, 6.07) is 5.08. The van der Waals surface area contributed by atoms with Gasteiger partial charge in [-0.25, -0.2) is 0 Å². The van der Waals surface area contributed by atoms with Gasteiger partial charge in [0, 0.05) is 0 Å². The van der Waals surface area contributed by atoms with Crippen molar-refractivity contribution in [3.63, 3.8) is 0 Å². The molecule has 0 saturated heterocycles. The van der Waals surface area contributed by atoms with Gasteiger partial charge in [-0.3, -0.25) is 4.79 Å². The summed E-state index contributed by atoms with van der Waals surface area (Å²) in [6.45, 7) is 1.82. The quantitative estimate of drug-likeness (QED) is 0.806. The first-order valence-electron chi connectivity index (χ1n) is 5.58. The maximum atomic E-state index is 12.4. The molecule has 0 saturated carbocycles. The van der Waals surface area contributed by atoms with E-state index in [9.17, 15) is 4.79 Å². The summed E-state index contributed by atoms with van der Waals surface area (Å²) in [4.78, 5) is 12.4. The van der Waals surface area contributed by atoms with Crippen LogP contribution in [-0.2, 0) is 0 Å². The van der Waals surface area contributed by atoms with Crippen LogP contribution in [0.1, 0.15) is 21.7 Å². The number of benzene rings is 1. The Morgan fingerprint density at radius 2 is 1.89 bits per heavy atom. The average Bonchev–Trinajstić information content (AvgIpc) is 2.83. The van der Waals surface area contributed by atoms with Crippen LogP contribution in [0.3, 0.4) is 0 Å². The van der Waals surface area contributed by atoms with Gasteiger partial charge in [-0.2, -0.15) is 0 Å². The maximum Gasteiger partial charge on any atom is 0.232 e. The summed E-state index contributed by atoms with van der Waals surface area (Å²) in [5.74, 6) is 1.11. The number of carbonyl (C=O) groups is 1. The zero-order chi connectivity index (χ0) is 14.0. The predicted molar refractivity (Wildman–Crippen MR) is 74.1 cm³/mol. The number of hydrogen-bond acceptors (Lipinski definition) is 4. The van der Waals surface area contributed by atoms with Crippen LogP contribution >= 0.6 is 15.9 Å². The lowest BCUT2D eigenvalue weighted by atomic mass is 10.1. The summed E-state index contributed by atoms with van der Waals surface area (Å²) >= 11 is 3.35. The second kappa shape index (κ2) is 5.48. The fraction of sp³-hybridized carbons (Fsp3) is 0.214. The molecule has 0 aliphatic rings. The number of carbonyl (C=O) groups excluding carboxylic acids is 1. The van der Waals surface area contributed by atoms with Crippen molar-refractivity contribution in [2.24, 2.45) is 0 Å². The molecular weight excluding hydrogens is 312 g/mol. The van der Waals surface area contributed by atoms with E-state index in [0.717, 1.165) is 10.0 Å². The normalized spacial score (nSPS) is 10.3. The van der Waals surface area contributed by atoms with E-state index in [1.807, 2.05) is 6.92 Å². The van der Waals surface area contributed by atoms with E-state index in [1.165, 1.54) is 13.4 Å².